The first-order valence-electron chi connectivity index (χ1n) is 7.00. The summed E-state index contributed by atoms with van der Waals surface area (Å²) in [4.78, 5) is 22.2. The van der Waals surface area contributed by atoms with Crippen molar-refractivity contribution in [2.24, 2.45) is 11.8 Å². The van der Waals surface area contributed by atoms with Crippen molar-refractivity contribution in [3.05, 3.63) is 12.2 Å². The third-order valence-electron chi connectivity index (χ3n) is 3.52. The summed E-state index contributed by atoms with van der Waals surface area (Å²) in [5.41, 5.74) is 0. The summed E-state index contributed by atoms with van der Waals surface area (Å²) < 4.78 is 0. The van der Waals surface area contributed by atoms with E-state index in [1.807, 2.05) is 6.92 Å². The summed E-state index contributed by atoms with van der Waals surface area (Å²) in [6.07, 6.45) is 8.42. The van der Waals surface area contributed by atoms with Crippen LogP contribution in [0.15, 0.2) is 12.2 Å². The molecular formula is C14H24N2O3. The number of urea groups is 1. The number of hydrogen-bond acceptors (Lipinski definition) is 2. The van der Waals surface area contributed by atoms with Gasteiger partial charge in [0.05, 0.1) is 0 Å². The number of carbonyl (C=O) groups excluding carboxylic acids is 1. The van der Waals surface area contributed by atoms with Gasteiger partial charge in [0.1, 0.15) is 0 Å². The molecule has 1 rings (SSSR count). The van der Waals surface area contributed by atoms with Gasteiger partial charge in [-0.15, -0.1) is 0 Å². The van der Waals surface area contributed by atoms with Crippen molar-refractivity contribution in [2.45, 2.75) is 39.0 Å². The van der Waals surface area contributed by atoms with Crippen molar-refractivity contribution in [1.29, 1.82) is 0 Å². The molecule has 1 aliphatic carbocycles. The van der Waals surface area contributed by atoms with E-state index in [1.165, 1.54) is 0 Å². The zero-order valence-electron chi connectivity index (χ0n) is 11.5. The van der Waals surface area contributed by atoms with Crippen molar-refractivity contribution in [2.75, 3.05) is 13.1 Å². The average Bonchev–Trinajstić information content (AvgIpc) is 2.42. The molecular weight excluding hydrogens is 244 g/mol. The Bertz CT molecular complexity index is 329. The molecule has 0 bridgehead atoms. The van der Waals surface area contributed by atoms with Gasteiger partial charge < -0.3 is 15.7 Å². The number of carboxylic acids is 1. The summed E-state index contributed by atoms with van der Waals surface area (Å²) in [5, 5.41) is 14.3. The predicted molar refractivity (Wildman–Crippen MR) is 73.9 cm³/mol. The third kappa shape index (κ3) is 6.84. The van der Waals surface area contributed by atoms with Crippen LogP contribution >= 0.6 is 0 Å². The Labute approximate surface area is 114 Å². The van der Waals surface area contributed by atoms with Crippen LogP contribution in [0.5, 0.6) is 0 Å². The summed E-state index contributed by atoms with van der Waals surface area (Å²) in [5.74, 6) is -0.291. The quantitative estimate of drug-likeness (QED) is 0.619. The summed E-state index contributed by atoms with van der Waals surface area (Å²) in [7, 11) is 0. The highest BCUT2D eigenvalue weighted by Gasteiger charge is 2.14. The topological polar surface area (TPSA) is 78.4 Å². The molecule has 2 amide bonds. The Morgan fingerprint density at radius 1 is 1.37 bits per heavy atom. The zero-order valence-corrected chi connectivity index (χ0v) is 11.5. The second-order valence-corrected chi connectivity index (χ2v) is 5.11. The Kier molecular flexibility index (Phi) is 7.00. The molecule has 0 saturated carbocycles. The number of allylic oxidation sites excluding steroid dienone is 2. The van der Waals surface area contributed by atoms with Crippen LogP contribution in [-0.2, 0) is 4.79 Å². The van der Waals surface area contributed by atoms with Crippen molar-refractivity contribution in [3.63, 3.8) is 0 Å². The van der Waals surface area contributed by atoms with Gasteiger partial charge >= 0.3 is 12.0 Å². The van der Waals surface area contributed by atoms with E-state index in [0.717, 1.165) is 25.7 Å². The number of carboxylic acid groups (broad SMARTS) is 1. The smallest absolute Gasteiger partial charge is 0.314 e. The SMILES string of the molecule is CCC(CNC(=O)NCC1CC=CCC1)CC(=O)O. The molecule has 2 unspecified atom stereocenters. The van der Waals surface area contributed by atoms with E-state index in [0.29, 0.717) is 19.0 Å². The fourth-order valence-corrected chi connectivity index (χ4v) is 2.19. The van der Waals surface area contributed by atoms with Gasteiger partial charge in [-0.1, -0.05) is 25.5 Å². The minimum absolute atomic E-state index is 0.000800. The first-order valence-corrected chi connectivity index (χ1v) is 7.00. The third-order valence-corrected chi connectivity index (χ3v) is 3.52. The van der Waals surface area contributed by atoms with Gasteiger partial charge in [0.15, 0.2) is 0 Å². The van der Waals surface area contributed by atoms with E-state index in [2.05, 4.69) is 22.8 Å². The van der Waals surface area contributed by atoms with Gasteiger partial charge in [-0.2, -0.15) is 0 Å². The molecule has 0 heterocycles. The molecule has 0 radical (unpaired) electrons. The van der Waals surface area contributed by atoms with Crippen LogP contribution in [0.1, 0.15) is 39.0 Å². The van der Waals surface area contributed by atoms with E-state index in [1.54, 1.807) is 0 Å². The highest BCUT2D eigenvalue weighted by molar-refractivity contribution is 5.74. The fourth-order valence-electron chi connectivity index (χ4n) is 2.19. The van der Waals surface area contributed by atoms with Crippen molar-refractivity contribution in [3.8, 4) is 0 Å². The van der Waals surface area contributed by atoms with E-state index in [4.69, 9.17) is 5.11 Å². The summed E-state index contributed by atoms with van der Waals surface area (Å²) in [6.45, 7) is 3.03. The molecule has 3 N–H and O–H groups in total. The van der Waals surface area contributed by atoms with Crippen LogP contribution in [0.2, 0.25) is 0 Å². The van der Waals surface area contributed by atoms with E-state index in [-0.39, 0.29) is 18.4 Å². The molecule has 5 nitrogen and oxygen atoms in total. The predicted octanol–water partition coefficient (Wildman–Crippen LogP) is 2.14. The highest BCUT2D eigenvalue weighted by atomic mass is 16.4. The first kappa shape index (κ1) is 15.5. The maximum Gasteiger partial charge on any atom is 0.314 e. The Balaban J connectivity index is 2.15. The molecule has 5 heteroatoms. The number of hydrogen-bond donors (Lipinski definition) is 3. The lowest BCUT2D eigenvalue weighted by molar-refractivity contribution is -0.138. The Morgan fingerprint density at radius 3 is 2.74 bits per heavy atom. The number of carbonyl (C=O) groups is 2. The van der Waals surface area contributed by atoms with Crippen LogP contribution in [0.4, 0.5) is 4.79 Å². The summed E-state index contributed by atoms with van der Waals surface area (Å²) >= 11 is 0. The molecule has 0 aromatic heterocycles. The second-order valence-electron chi connectivity index (χ2n) is 5.11. The molecule has 0 spiro atoms. The van der Waals surface area contributed by atoms with Crippen LogP contribution in [0, 0.1) is 11.8 Å². The molecule has 0 fully saturated rings. The van der Waals surface area contributed by atoms with E-state index in [9.17, 15) is 9.59 Å². The van der Waals surface area contributed by atoms with Crippen LogP contribution < -0.4 is 10.6 Å². The molecule has 0 aromatic rings. The molecule has 0 aliphatic heterocycles. The van der Waals surface area contributed by atoms with Crippen LogP contribution in [-0.4, -0.2) is 30.2 Å². The largest absolute Gasteiger partial charge is 0.481 e. The van der Waals surface area contributed by atoms with Crippen molar-refractivity contribution < 1.29 is 14.7 Å². The fraction of sp³-hybridized carbons (Fsp3) is 0.714. The van der Waals surface area contributed by atoms with Gasteiger partial charge in [-0.3, -0.25) is 4.79 Å². The van der Waals surface area contributed by atoms with Crippen LogP contribution in [0.3, 0.4) is 0 Å². The lowest BCUT2D eigenvalue weighted by Gasteiger charge is -2.19. The highest BCUT2D eigenvalue weighted by Crippen LogP contribution is 2.16. The van der Waals surface area contributed by atoms with Gasteiger partial charge in [-0.05, 0) is 31.1 Å². The maximum atomic E-state index is 11.6. The van der Waals surface area contributed by atoms with E-state index >= 15 is 0 Å². The lowest BCUT2D eigenvalue weighted by atomic mass is 9.94. The molecule has 2 atom stereocenters. The number of nitrogens with one attached hydrogen (secondary N) is 2. The Morgan fingerprint density at radius 2 is 2.16 bits per heavy atom. The monoisotopic (exact) mass is 268 g/mol. The molecule has 19 heavy (non-hydrogen) atoms. The Hall–Kier alpha value is -1.52. The summed E-state index contributed by atoms with van der Waals surface area (Å²) in [6, 6.07) is -0.196. The number of amides is 2. The molecule has 0 saturated heterocycles. The lowest BCUT2D eigenvalue weighted by Crippen LogP contribution is -2.40. The van der Waals surface area contributed by atoms with Gasteiger partial charge in [0.25, 0.3) is 0 Å². The normalized spacial score (nSPS) is 19.7. The molecule has 0 aromatic carbocycles. The van der Waals surface area contributed by atoms with E-state index < -0.39 is 5.97 Å². The minimum Gasteiger partial charge on any atom is -0.481 e. The van der Waals surface area contributed by atoms with Gasteiger partial charge in [0.2, 0.25) is 0 Å². The molecule has 108 valence electrons. The van der Waals surface area contributed by atoms with Crippen molar-refractivity contribution >= 4 is 12.0 Å². The zero-order chi connectivity index (χ0) is 14.1. The van der Waals surface area contributed by atoms with Gasteiger partial charge in [0, 0.05) is 19.5 Å². The first-order chi connectivity index (χ1) is 9.11. The van der Waals surface area contributed by atoms with Crippen molar-refractivity contribution in [1.82, 2.24) is 10.6 Å². The number of rotatable bonds is 7. The molecule has 1 aliphatic rings. The average molecular weight is 268 g/mol. The van der Waals surface area contributed by atoms with Gasteiger partial charge in [-0.25, -0.2) is 4.79 Å². The second kappa shape index (κ2) is 8.56. The standard InChI is InChI=1S/C14H24N2O3/c1-2-11(8-13(17)18)9-15-14(19)16-10-12-6-4-3-5-7-12/h3-4,11-12H,2,5-10H2,1H3,(H,17,18)(H2,15,16,19). The maximum absolute atomic E-state index is 11.6. The van der Waals surface area contributed by atoms with Crippen LogP contribution in [0.25, 0.3) is 0 Å². The minimum atomic E-state index is -0.817. The number of aliphatic carboxylic acids is 1.